The SMILES string of the molecule is COc1cc([C@@H]2Oc3c(OC)cc(C=CC(=O)O[C@@H]4C[C@](C)(O)[C@@H]5[C@H](O[C@@H]6O[C@H](CO)[C@@H](O)[C@H](O)[C@H]6O)OC=C[C@H]54)cc3[C@H]2CO)ccc1O. The van der Waals surface area contributed by atoms with Crippen molar-refractivity contribution in [1.82, 2.24) is 0 Å². The normalized spacial score (nSPS) is 36.0. The maximum atomic E-state index is 13.1. The van der Waals surface area contributed by atoms with E-state index < -0.39 is 85.1 Å². The van der Waals surface area contributed by atoms with Crippen LogP contribution >= 0.6 is 0 Å². The molecule has 0 amide bonds. The van der Waals surface area contributed by atoms with Crippen molar-refractivity contribution in [3.63, 3.8) is 0 Å². The molecule has 272 valence electrons. The lowest BCUT2D eigenvalue weighted by atomic mass is 9.85. The van der Waals surface area contributed by atoms with Crippen LogP contribution in [0.25, 0.3) is 6.08 Å². The number of carbonyl (C=O) groups excluding carboxylic acids is 1. The summed E-state index contributed by atoms with van der Waals surface area (Å²) in [4.78, 5) is 13.1. The zero-order chi connectivity index (χ0) is 35.9. The smallest absolute Gasteiger partial charge is 0.331 e. The number of aromatic hydroxyl groups is 1. The molecule has 15 nitrogen and oxygen atoms in total. The third-order valence-corrected chi connectivity index (χ3v) is 9.84. The number of phenols is 1. The summed E-state index contributed by atoms with van der Waals surface area (Å²) in [6.45, 7) is 0.635. The first-order valence-corrected chi connectivity index (χ1v) is 16.2. The Hall–Kier alpha value is -3.93. The Bertz CT molecular complexity index is 1600. The number of rotatable bonds is 10. The highest BCUT2D eigenvalue weighted by Crippen LogP contribution is 2.52. The molecule has 0 aromatic heterocycles. The highest BCUT2D eigenvalue weighted by Gasteiger charge is 2.58. The summed E-state index contributed by atoms with van der Waals surface area (Å²) in [6.07, 6.45) is -4.45. The van der Waals surface area contributed by atoms with Crippen molar-refractivity contribution in [3.8, 4) is 23.0 Å². The molecule has 0 radical (unpaired) electrons. The van der Waals surface area contributed by atoms with E-state index in [9.17, 15) is 40.5 Å². The standard InChI is InChI=1S/C35H42O15/c1-35(43)13-24(18-8-9-46-33(27(18)35)50-34-30(42)29(41)28(40)25(15-37)48-34)47-26(39)7-4-16-10-19-20(14-36)31(49-32(19)23(11-16)45-3)17-5-6-21(38)22(12-17)44-2/h4-12,18,20,24-25,27-31,33-34,36-38,40-43H,13-15H2,1-3H3/t18-,20+,24+,25+,27-,28+,29-,30+,31-,33-,34-,35-/m0/s1. The zero-order valence-corrected chi connectivity index (χ0v) is 27.6. The van der Waals surface area contributed by atoms with Gasteiger partial charge in [0.25, 0.3) is 0 Å². The van der Waals surface area contributed by atoms with Crippen molar-refractivity contribution >= 4 is 12.0 Å². The molecular formula is C35H42O15. The second-order valence-corrected chi connectivity index (χ2v) is 13.0. The van der Waals surface area contributed by atoms with E-state index in [0.29, 0.717) is 28.2 Å². The van der Waals surface area contributed by atoms with Crippen molar-refractivity contribution in [1.29, 1.82) is 0 Å². The molecule has 15 heteroatoms. The second-order valence-electron chi connectivity index (χ2n) is 13.0. The first-order valence-electron chi connectivity index (χ1n) is 16.2. The van der Waals surface area contributed by atoms with E-state index in [1.165, 1.54) is 38.7 Å². The van der Waals surface area contributed by atoms with E-state index in [1.54, 1.807) is 37.3 Å². The Kier molecular flexibility index (Phi) is 10.3. The molecule has 7 N–H and O–H groups in total. The largest absolute Gasteiger partial charge is 0.504 e. The number of aliphatic hydroxyl groups is 6. The van der Waals surface area contributed by atoms with E-state index in [4.69, 9.17) is 33.2 Å². The Morgan fingerprint density at radius 1 is 1.00 bits per heavy atom. The molecule has 1 saturated heterocycles. The molecule has 50 heavy (non-hydrogen) atoms. The molecule has 2 aromatic rings. The molecule has 3 aliphatic heterocycles. The number of methoxy groups -OCH3 is 2. The molecule has 2 aromatic carbocycles. The fourth-order valence-electron chi connectivity index (χ4n) is 7.28. The van der Waals surface area contributed by atoms with Crippen LogP contribution in [0.15, 0.2) is 48.7 Å². The van der Waals surface area contributed by atoms with Gasteiger partial charge in [-0.1, -0.05) is 6.07 Å². The van der Waals surface area contributed by atoms with Gasteiger partial charge >= 0.3 is 5.97 Å². The molecule has 0 unspecified atom stereocenters. The summed E-state index contributed by atoms with van der Waals surface area (Å²) in [7, 11) is 2.91. The summed E-state index contributed by atoms with van der Waals surface area (Å²) in [6, 6.07) is 8.26. The summed E-state index contributed by atoms with van der Waals surface area (Å²) < 4.78 is 39.8. The number of hydrogen-bond acceptors (Lipinski definition) is 15. The summed E-state index contributed by atoms with van der Waals surface area (Å²) in [5.41, 5.74) is 0.433. The molecule has 1 aliphatic carbocycles. The Balaban J connectivity index is 1.15. The van der Waals surface area contributed by atoms with Gasteiger partial charge in [0.2, 0.25) is 6.29 Å². The topological polar surface area (TPSA) is 223 Å². The molecule has 0 bridgehead atoms. The van der Waals surface area contributed by atoms with E-state index >= 15 is 0 Å². The summed E-state index contributed by atoms with van der Waals surface area (Å²) in [5, 5.41) is 72.0. The van der Waals surface area contributed by atoms with E-state index in [1.807, 2.05) is 0 Å². The zero-order valence-electron chi connectivity index (χ0n) is 27.6. The number of carbonyl (C=O) groups is 1. The molecule has 0 spiro atoms. The fraction of sp³-hybridized carbons (Fsp3) is 0.514. The van der Waals surface area contributed by atoms with Crippen LogP contribution in [0.2, 0.25) is 0 Å². The lowest BCUT2D eigenvalue weighted by Crippen LogP contribution is -2.60. The number of esters is 1. The number of phenolic OH excluding ortho intramolecular Hbond substituents is 1. The van der Waals surface area contributed by atoms with E-state index in [2.05, 4.69) is 0 Å². The predicted molar refractivity (Wildman–Crippen MR) is 171 cm³/mol. The van der Waals surface area contributed by atoms with Crippen molar-refractivity contribution in [2.75, 3.05) is 27.4 Å². The number of hydrogen-bond donors (Lipinski definition) is 7. The number of fused-ring (bicyclic) bond motifs is 2. The number of benzene rings is 2. The summed E-state index contributed by atoms with van der Waals surface area (Å²) in [5.74, 6) is -1.50. The third kappa shape index (κ3) is 6.63. The Morgan fingerprint density at radius 2 is 1.76 bits per heavy atom. The minimum atomic E-state index is -1.68. The molecule has 4 aliphatic rings. The minimum absolute atomic E-state index is 0.0236. The quantitative estimate of drug-likeness (QED) is 0.133. The average Bonchev–Trinajstić information content (AvgIpc) is 3.61. The van der Waals surface area contributed by atoms with Gasteiger partial charge in [0, 0.05) is 24.0 Å². The van der Waals surface area contributed by atoms with Crippen LogP contribution in [0.4, 0.5) is 0 Å². The van der Waals surface area contributed by atoms with Crippen LogP contribution in [-0.4, -0.2) is 118 Å². The number of ether oxygens (including phenoxy) is 7. The monoisotopic (exact) mass is 702 g/mol. The van der Waals surface area contributed by atoms with Crippen molar-refractivity contribution in [2.45, 2.75) is 74.1 Å². The highest BCUT2D eigenvalue weighted by molar-refractivity contribution is 5.87. The van der Waals surface area contributed by atoms with Crippen LogP contribution < -0.4 is 14.2 Å². The first kappa shape index (κ1) is 35.9. The van der Waals surface area contributed by atoms with Gasteiger partial charge in [-0.25, -0.2) is 4.79 Å². The third-order valence-electron chi connectivity index (χ3n) is 9.84. The van der Waals surface area contributed by atoms with Gasteiger partial charge in [-0.05, 0) is 54.5 Å². The fourth-order valence-corrected chi connectivity index (χ4v) is 7.28. The highest BCUT2D eigenvalue weighted by atomic mass is 16.8. The Labute approximate surface area is 287 Å². The van der Waals surface area contributed by atoms with Crippen molar-refractivity contribution in [3.05, 3.63) is 65.4 Å². The maximum Gasteiger partial charge on any atom is 0.331 e. The van der Waals surface area contributed by atoms with Gasteiger partial charge < -0.3 is 68.9 Å². The van der Waals surface area contributed by atoms with Crippen LogP contribution in [-0.2, 0) is 23.7 Å². The molecule has 2 fully saturated rings. The van der Waals surface area contributed by atoms with Gasteiger partial charge in [0.05, 0.1) is 51.1 Å². The van der Waals surface area contributed by atoms with Crippen molar-refractivity contribution in [2.24, 2.45) is 11.8 Å². The van der Waals surface area contributed by atoms with Crippen LogP contribution in [0.3, 0.4) is 0 Å². The van der Waals surface area contributed by atoms with Gasteiger partial charge in [-0.2, -0.15) is 0 Å². The van der Waals surface area contributed by atoms with Gasteiger partial charge in [0.1, 0.15) is 36.6 Å². The molecule has 6 rings (SSSR count). The van der Waals surface area contributed by atoms with E-state index in [0.717, 1.165) is 0 Å². The van der Waals surface area contributed by atoms with Crippen molar-refractivity contribution < 1.29 is 73.7 Å². The van der Waals surface area contributed by atoms with Gasteiger partial charge in [-0.3, -0.25) is 0 Å². The number of aliphatic hydroxyl groups excluding tert-OH is 5. The maximum absolute atomic E-state index is 13.1. The second kappa shape index (κ2) is 14.4. The van der Waals surface area contributed by atoms with Gasteiger partial charge in [0.15, 0.2) is 29.3 Å². The van der Waals surface area contributed by atoms with E-state index in [-0.39, 0.29) is 24.5 Å². The lowest BCUT2D eigenvalue weighted by molar-refractivity contribution is -0.346. The van der Waals surface area contributed by atoms with Crippen LogP contribution in [0.1, 0.15) is 42.1 Å². The molecular weight excluding hydrogens is 660 g/mol. The molecule has 3 heterocycles. The minimum Gasteiger partial charge on any atom is -0.504 e. The van der Waals surface area contributed by atoms with Crippen LogP contribution in [0.5, 0.6) is 23.0 Å². The molecule has 12 atom stereocenters. The lowest BCUT2D eigenvalue weighted by Gasteiger charge is -2.43. The summed E-state index contributed by atoms with van der Waals surface area (Å²) >= 11 is 0. The first-order chi connectivity index (χ1) is 23.9. The average molecular weight is 703 g/mol. The van der Waals surface area contributed by atoms with Crippen LogP contribution in [0, 0.1) is 11.8 Å². The predicted octanol–water partition coefficient (Wildman–Crippen LogP) is 0.618. The Morgan fingerprint density at radius 3 is 2.46 bits per heavy atom. The van der Waals surface area contributed by atoms with Gasteiger partial charge in [-0.15, -0.1) is 0 Å². The molecule has 1 saturated carbocycles.